The summed E-state index contributed by atoms with van der Waals surface area (Å²) in [4.78, 5) is 0. The molecule has 0 aliphatic carbocycles. The molecule has 1 heterocycles. The Morgan fingerprint density at radius 3 is 2.19 bits per heavy atom. The second-order valence-electron chi connectivity index (χ2n) is 5.53. The molecule has 16 heavy (non-hydrogen) atoms. The van der Waals surface area contributed by atoms with E-state index in [4.69, 9.17) is 5.26 Å². The van der Waals surface area contributed by atoms with Crippen molar-refractivity contribution in [3.63, 3.8) is 0 Å². The molecule has 1 fully saturated rings. The Kier molecular flexibility index (Phi) is 3.37. The number of nitrogens with zero attached hydrogens (tertiary/aromatic N) is 2. The summed E-state index contributed by atoms with van der Waals surface area (Å²) in [6.45, 7) is 8.83. The maximum atomic E-state index is 11.6. The summed E-state index contributed by atoms with van der Waals surface area (Å²) < 4.78 is 24.8. The van der Waals surface area contributed by atoms with Crippen LogP contribution in [0.4, 0.5) is 0 Å². The molecule has 0 spiro atoms. The Labute approximate surface area is 98.3 Å². The van der Waals surface area contributed by atoms with E-state index in [0.29, 0.717) is 19.5 Å². The molecule has 92 valence electrons. The van der Waals surface area contributed by atoms with Gasteiger partial charge in [0.05, 0.1) is 11.8 Å². The lowest BCUT2D eigenvalue weighted by Gasteiger charge is -2.55. The lowest BCUT2D eigenvalue weighted by Crippen LogP contribution is -2.63. The molecule has 1 rings (SSSR count). The van der Waals surface area contributed by atoms with Crippen molar-refractivity contribution in [3.8, 4) is 6.07 Å². The Balaban J connectivity index is 2.83. The van der Waals surface area contributed by atoms with Crippen LogP contribution in [0, 0.1) is 22.2 Å². The SMILES string of the molecule is CCS(=O)(=O)N1CC(CC#N)(C(C)(C)C)C1. The van der Waals surface area contributed by atoms with E-state index in [-0.39, 0.29) is 16.6 Å². The van der Waals surface area contributed by atoms with E-state index >= 15 is 0 Å². The van der Waals surface area contributed by atoms with E-state index in [1.807, 2.05) is 0 Å². The highest BCUT2D eigenvalue weighted by Crippen LogP contribution is 2.49. The number of sulfonamides is 1. The van der Waals surface area contributed by atoms with Crippen LogP contribution in [-0.4, -0.2) is 31.6 Å². The third kappa shape index (κ3) is 2.09. The molecule has 0 N–H and O–H groups in total. The number of rotatable bonds is 3. The fourth-order valence-corrected chi connectivity index (χ4v) is 3.26. The smallest absolute Gasteiger partial charge is 0.212 e. The van der Waals surface area contributed by atoms with E-state index < -0.39 is 10.0 Å². The van der Waals surface area contributed by atoms with Crippen LogP contribution in [0.25, 0.3) is 0 Å². The monoisotopic (exact) mass is 244 g/mol. The Bertz CT molecular complexity index is 395. The van der Waals surface area contributed by atoms with Gasteiger partial charge in [-0.3, -0.25) is 0 Å². The number of nitriles is 1. The highest BCUT2D eigenvalue weighted by Gasteiger charge is 2.53. The van der Waals surface area contributed by atoms with Crippen molar-refractivity contribution in [2.75, 3.05) is 18.8 Å². The van der Waals surface area contributed by atoms with Gasteiger partial charge >= 0.3 is 0 Å². The van der Waals surface area contributed by atoms with E-state index in [0.717, 1.165) is 0 Å². The molecule has 0 atom stereocenters. The molecule has 0 aromatic carbocycles. The van der Waals surface area contributed by atoms with Gasteiger partial charge in [0, 0.05) is 24.9 Å². The van der Waals surface area contributed by atoms with Gasteiger partial charge in [-0.2, -0.15) is 5.26 Å². The van der Waals surface area contributed by atoms with Crippen molar-refractivity contribution in [3.05, 3.63) is 0 Å². The quantitative estimate of drug-likeness (QED) is 0.757. The summed E-state index contributed by atoms with van der Waals surface area (Å²) in [6.07, 6.45) is 0.423. The number of hydrogen-bond donors (Lipinski definition) is 0. The van der Waals surface area contributed by atoms with Crippen LogP contribution in [0.3, 0.4) is 0 Å². The fourth-order valence-electron chi connectivity index (χ4n) is 2.01. The van der Waals surface area contributed by atoms with Crippen LogP contribution in [0.1, 0.15) is 34.1 Å². The molecule has 1 aliphatic heterocycles. The summed E-state index contributed by atoms with van der Waals surface area (Å²) in [5.74, 6) is 0.139. The van der Waals surface area contributed by atoms with E-state index in [1.165, 1.54) is 4.31 Å². The summed E-state index contributed by atoms with van der Waals surface area (Å²) in [6, 6.07) is 2.19. The molecule has 4 nitrogen and oxygen atoms in total. The second-order valence-corrected chi connectivity index (χ2v) is 7.79. The topological polar surface area (TPSA) is 61.2 Å². The van der Waals surface area contributed by atoms with Crippen molar-refractivity contribution in [2.24, 2.45) is 10.8 Å². The third-order valence-corrected chi connectivity index (χ3v) is 5.50. The zero-order chi connectivity index (χ0) is 12.6. The first-order valence-corrected chi connectivity index (χ1v) is 7.14. The van der Waals surface area contributed by atoms with Gasteiger partial charge in [-0.15, -0.1) is 0 Å². The normalized spacial score (nSPS) is 21.2. The molecule has 0 aromatic rings. The van der Waals surface area contributed by atoms with E-state index in [2.05, 4.69) is 26.8 Å². The average molecular weight is 244 g/mol. The molecule has 0 unspecified atom stereocenters. The summed E-state index contributed by atoms with van der Waals surface area (Å²) >= 11 is 0. The van der Waals surface area contributed by atoms with Gasteiger partial charge in [-0.25, -0.2) is 12.7 Å². The van der Waals surface area contributed by atoms with Gasteiger partial charge in [0.25, 0.3) is 0 Å². The molecule has 1 saturated heterocycles. The molecule has 0 aromatic heterocycles. The van der Waals surface area contributed by atoms with Crippen LogP contribution in [0.5, 0.6) is 0 Å². The van der Waals surface area contributed by atoms with Crippen LogP contribution in [-0.2, 0) is 10.0 Å². The lowest BCUT2D eigenvalue weighted by molar-refractivity contribution is -0.0309. The minimum atomic E-state index is -3.09. The molecular formula is C11H20N2O2S. The van der Waals surface area contributed by atoms with Crippen molar-refractivity contribution in [1.29, 1.82) is 5.26 Å². The Hall–Kier alpha value is -0.600. The maximum absolute atomic E-state index is 11.6. The Morgan fingerprint density at radius 2 is 1.88 bits per heavy atom. The van der Waals surface area contributed by atoms with Gasteiger partial charge in [-0.1, -0.05) is 20.8 Å². The fraction of sp³-hybridized carbons (Fsp3) is 0.909. The first kappa shape index (κ1) is 13.5. The zero-order valence-electron chi connectivity index (χ0n) is 10.4. The van der Waals surface area contributed by atoms with Gasteiger partial charge in [0.2, 0.25) is 10.0 Å². The average Bonchev–Trinajstić information content (AvgIpc) is 2.08. The summed E-state index contributed by atoms with van der Waals surface area (Å²) in [5, 5.41) is 8.86. The van der Waals surface area contributed by atoms with Crippen molar-refractivity contribution >= 4 is 10.0 Å². The standard InChI is InChI=1S/C11H20N2O2S/c1-5-16(14,15)13-8-11(9-13,6-7-12)10(2,3)4/h5-6,8-9H2,1-4H3. The largest absolute Gasteiger partial charge is 0.213 e. The highest BCUT2D eigenvalue weighted by atomic mass is 32.2. The summed E-state index contributed by atoms with van der Waals surface area (Å²) in [7, 11) is -3.09. The molecule has 0 saturated carbocycles. The molecule has 0 radical (unpaired) electrons. The van der Waals surface area contributed by atoms with E-state index in [9.17, 15) is 8.42 Å². The van der Waals surface area contributed by atoms with Crippen molar-refractivity contribution < 1.29 is 8.42 Å². The molecule has 0 amide bonds. The van der Waals surface area contributed by atoms with Crippen molar-refractivity contribution in [1.82, 2.24) is 4.31 Å². The van der Waals surface area contributed by atoms with Gasteiger partial charge < -0.3 is 0 Å². The lowest BCUT2D eigenvalue weighted by atomic mass is 9.61. The third-order valence-electron chi connectivity index (χ3n) is 3.72. The second kappa shape index (κ2) is 4.01. The van der Waals surface area contributed by atoms with Crippen LogP contribution in [0.15, 0.2) is 0 Å². The van der Waals surface area contributed by atoms with Gasteiger partial charge in [0.15, 0.2) is 0 Å². The molecule has 0 bridgehead atoms. The first-order valence-electron chi connectivity index (χ1n) is 5.53. The zero-order valence-corrected chi connectivity index (χ0v) is 11.3. The minimum Gasteiger partial charge on any atom is -0.212 e. The molecule has 1 aliphatic rings. The summed E-state index contributed by atoms with van der Waals surface area (Å²) in [5.41, 5.74) is -0.216. The molecular weight excluding hydrogens is 224 g/mol. The van der Waals surface area contributed by atoms with Gasteiger partial charge in [-0.05, 0) is 12.3 Å². The number of hydrogen-bond acceptors (Lipinski definition) is 3. The predicted octanol–water partition coefficient (Wildman–Crippen LogP) is 1.60. The Morgan fingerprint density at radius 1 is 1.38 bits per heavy atom. The molecule has 5 heteroatoms. The van der Waals surface area contributed by atoms with Crippen molar-refractivity contribution in [2.45, 2.75) is 34.1 Å². The highest BCUT2D eigenvalue weighted by molar-refractivity contribution is 7.89. The predicted molar refractivity (Wildman–Crippen MR) is 63.2 cm³/mol. The van der Waals surface area contributed by atoms with E-state index in [1.54, 1.807) is 6.92 Å². The van der Waals surface area contributed by atoms with Crippen LogP contribution < -0.4 is 0 Å². The first-order chi connectivity index (χ1) is 7.18. The van der Waals surface area contributed by atoms with Crippen LogP contribution >= 0.6 is 0 Å². The minimum absolute atomic E-state index is 0.0392. The van der Waals surface area contributed by atoms with Crippen LogP contribution in [0.2, 0.25) is 0 Å². The van der Waals surface area contributed by atoms with Gasteiger partial charge in [0.1, 0.15) is 0 Å². The maximum Gasteiger partial charge on any atom is 0.213 e.